The minimum absolute atomic E-state index is 0.531. The molecule has 5 nitrogen and oxygen atoms in total. The van der Waals surface area contributed by atoms with Crippen LogP contribution in [0.25, 0.3) is 0 Å². The first-order valence-corrected chi connectivity index (χ1v) is 8.71. The number of hydrogen-bond donors (Lipinski definition) is 2. The van der Waals surface area contributed by atoms with Crippen LogP contribution in [0.15, 0.2) is 24.5 Å². The van der Waals surface area contributed by atoms with E-state index in [0.29, 0.717) is 12.6 Å². The molecule has 0 radical (unpaired) electrons. The van der Waals surface area contributed by atoms with Crippen molar-refractivity contribution >= 4 is 0 Å². The Morgan fingerprint density at radius 3 is 3.09 bits per heavy atom. The second-order valence-corrected chi connectivity index (χ2v) is 6.30. The number of nitrogens with one attached hydrogen (secondary N) is 1. The zero-order valence-corrected chi connectivity index (χ0v) is 14.0. The summed E-state index contributed by atoms with van der Waals surface area (Å²) in [5, 5.41) is 8.42. The summed E-state index contributed by atoms with van der Waals surface area (Å²) < 4.78 is 2.18. The molecule has 0 saturated carbocycles. The summed E-state index contributed by atoms with van der Waals surface area (Å²) in [6, 6.07) is 4.66. The summed E-state index contributed by atoms with van der Waals surface area (Å²) in [6.07, 6.45) is 9.25. The van der Waals surface area contributed by atoms with Crippen molar-refractivity contribution in [1.29, 1.82) is 0 Å². The first-order chi connectivity index (χ1) is 11.3. The van der Waals surface area contributed by atoms with Crippen molar-refractivity contribution in [3.8, 4) is 0 Å². The molecule has 124 valence electrons. The fourth-order valence-electron chi connectivity index (χ4n) is 3.47. The van der Waals surface area contributed by atoms with E-state index in [1.807, 2.05) is 18.5 Å². The maximum Gasteiger partial charge on any atom is 0.0795 e. The van der Waals surface area contributed by atoms with Crippen molar-refractivity contribution < 1.29 is 0 Å². The highest BCUT2D eigenvalue weighted by Crippen LogP contribution is 2.25. The van der Waals surface area contributed by atoms with E-state index in [0.717, 1.165) is 44.5 Å². The summed E-state index contributed by atoms with van der Waals surface area (Å²) in [6.45, 7) is 4.73. The van der Waals surface area contributed by atoms with Gasteiger partial charge in [0.05, 0.1) is 5.69 Å². The van der Waals surface area contributed by atoms with Crippen LogP contribution in [0.4, 0.5) is 0 Å². The van der Waals surface area contributed by atoms with Gasteiger partial charge in [-0.05, 0) is 55.8 Å². The molecule has 2 aromatic heterocycles. The Morgan fingerprint density at radius 1 is 1.43 bits per heavy atom. The maximum atomic E-state index is 5.90. The molecule has 3 rings (SSSR count). The molecule has 23 heavy (non-hydrogen) atoms. The summed E-state index contributed by atoms with van der Waals surface area (Å²) in [5.41, 5.74) is 11.1. The standard InChI is InChI=1S/C18H27N5/c1-2-10-23-18-6-5-15(11-16(18)17(12-19)22-23)21-9-7-14-4-3-8-20-13-14/h3-4,8,13,15,21H,2,5-7,9-12,19H2,1H3. The first-order valence-electron chi connectivity index (χ1n) is 8.71. The lowest BCUT2D eigenvalue weighted by atomic mass is 9.91. The van der Waals surface area contributed by atoms with Crippen LogP contribution in [0.2, 0.25) is 0 Å². The third kappa shape index (κ3) is 3.79. The number of nitrogens with two attached hydrogens (primary N) is 1. The molecule has 0 amide bonds. The summed E-state index contributed by atoms with van der Waals surface area (Å²) >= 11 is 0. The van der Waals surface area contributed by atoms with Gasteiger partial charge in [0.25, 0.3) is 0 Å². The van der Waals surface area contributed by atoms with Crippen molar-refractivity contribution in [3.05, 3.63) is 47.0 Å². The normalized spacial score (nSPS) is 17.2. The molecule has 0 saturated heterocycles. The Morgan fingerprint density at radius 2 is 2.35 bits per heavy atom. The molecule has 2 aromatic rings. The van der Waals surface area contributed by atoms with Crippen LogP contribution in [-0.2, 0) is 32.4 Å². The molecule has 0 aromatic carbocycles. The Hall–Kier alpha value is -1.72. The molecule has 0 bridgehead atoms. The van der Waals surface area contributed by atoms with Gasteiger partial charge in [-0.2, -0.15) is 5.10 Å². The average molecular weight is 313 g/mol. The Labute approximate surface area is 138 Å². The van der Waals surface area contributed by atoms with Gasteiger partial charge in [-0.3, -0.25) is 9.67 Å². The van der Waals surface area contributed by atoms with E-state index in [1.54, 1.807) is 0 Å². The number of pyridine rings is 1. The molecule has 0 aliphatic heterocycles. The molecule has 1 aliphatic rings. The molecule has 5 heteroatoms. The van der Waals surface area contributed by atoms with Crippen molar-refractivity contribution in [2.24, 2.45) is 5.73 Å². The predicted molar refractivity (Wildman–Crippen MR) is 92.2 cm³/mol. The van der Waals surface area contributed by atoms with Crippen molar-refractivity contribution in [3.63, 3.8) is 0 Å². The van der Waals surface area contributed by atoms with Crippen LogP contribution >= 0.6 is 0 Å². The van der Waals surface area contributed by atoms with Gasteiger partial charge in [0, 0.05) is 37.2 Å². The average Bonchev–Trinajstić information content (AvgIpc) is 2.93. The fourth-order valence-corrected chi connectivity index (χ4v) is 3.47. The van der Waals surface area contributed by atoms with E-state index >= 15 is 0 Å². The van der Waals surface area contributed by atoms with Gasteiger partial charge < -0.3 is 11.1 Å². The van der Waals surface area contributed by atoms with E-state index in [2.05, 4.69) is 28.0 Å². The third-order valence-electron chi connectivity index (χ3n) is 4.63. The van der Waals surface area contributed by atoms with E-state index in [-0.39, 0.29) is 0 Å². The van der Waals surface area contributed by atoms with Crippen LogP contribution < -0.4 is 11.1 Å². The molecule has 0 fully saturated rings. The van der Waals surface area contributed by atoms with E-state index in [4.69, 9.17) is 10.8 Å². The zero-order valence-electron chi connectivity index (χ0n) is 14.0. The van der Waals surface area contributed by atoms with Gasteiger partial charge >= 0.3 is 0 Å². The van der Waals surface area contributed by atoms with Crippen LogP contribution in [-0.4, -0.2) is 27.4 Å². The van der Waals surface area contributed by atoms with Crippen LogP contribution in [0.3, 0.4) is 0 Å². The Balaban J connectivity index is 1.59. The second-order valence-electron chi connectivity index (χ2n) is 6.30. The van der Waals surface area contributed by atoms with E-state index in [1.165, 1.54) is 23.2 Å². The highest BCUT2D eigenvalue weighted by atomic mass is 15.3. The molecule has 0 spiro atoms. The van der Waals surface area contributed by atoms with Crippen LogP contribution in [0.5, 0.6) is 0 Å². The number of hydrogen-bond acceptors (Lipinski definition) is 4. The van der Waals surface area contributed by atoms with E-state index < -0.39 is 0 Å². The van der Waals surface area contributed by atoms with Gasteiger partial charge in [0.1, 0.15) is 0 Å². The van der Waals surface area contributed by atoms with Gasteiger partial charge in [-0.1, -0.05) is 13.0 Å². The summed E-state index contributed by atoms with van der Waals surface area (Å²) in [7, 11) is 0. The summed E-state index contributed by atoms with van der Waals surface area (Å²) in [4.78, 5) is 4.17. The number of fused-ring (bicyclic) bond motifs is 1. The number of aryl methyl sites for hydroxylation is 1. The summed E-state index contributed by atoms with van der Waals surface area (Å²) in [5.74, 6) is 0. The first kappa shape index (κ1) is 16.1. The SMILES string of the molecule is CCCn1nc(CN)c2c1CCC(NCCc1cccnc1)C2. The molecular weight excluding hydrogens is 286 g/mol. The lowest BCUT2D eigenvalue weighted by Crippen LogP contribution is -2.36. The van der Waals surface area contributed by atoms with E-state index in [9.17, 15) is 0 Å². The topological polar surface area (TPSA) is 68.8 Å². The molecule has 2 heterocycles. The van der Waals surface area contributed by atoms with Crippen molar-refractivity contribution in [1.82, 2.24) is 20.1 Å². The molecule has 1 aliphatic carbocycles. The predicted octanol–water partition coefficient (Wildman–Crippen LogP) is 1.84. The van der Waals surface area contributed by atoms with Crippen molar-refractivity contribution in [2.75, 3.05) is 6.54 Å². The van der Waals surface area contributed by atoms with Crippen LogP contribution in [0.1, 0.15) is 42.3 Å². The molecule has 1 atom stereocenters. The van der Waals surface area contributed by atoms with Gasteiger partial charge in [-0.15, -0.1) is 0 Å². The quantitative estimate of drug-likeness (QED) is 0.818. The monoisotopic (exact) mass is 313 g/mol. The lowest BCUT2D eigenvalue weighted by Gasteiger charge is -2.24. The minimum Gasteiger partial charge on any atom is -0.325 e. The minimum atomic E-state index is 0.531. The largest absolute Gasteiger partial charge is 0.325 e. The Bertz CT molecular complexity index is 620. The number of aromatic nitrogens is 3. The molecule has 3 N–H and O–H groups in total. The highest BCUT2D eigenvalue weighted by Gasteiger charge is 2.25. The smallest absolute Gasteiger partial charge is 0.0795 e. The fraction of sp³-hybridized carbons (Fsp3) is 0.556. The zero-order chi connectivity index (χ0) is 16.1. The van der Waals surface area contributed by atoms with Gasteiger partial charge in [0.15, 0.2) is 0 Å². The molecule has 1 unspecified atom stereocenters. The third-order valence-corrected chi connectivity index (χ3v) is 4.63. The van der Waals surface area contributed by atoms with Gasteiger partial charge in [0.2, 0.25) is 0 Å². The lowest BCUT2D eigenvalue weighted by molar-refractivity contribution is 0.446. The van der Waals surface area contributed by atoms with Gasteiger partial charge in [-0.25, -0.2) is 0 Å². The number of rotatable bonds is 7. The second kappa shape index (κ2) is 7.70. The van der Waals surface area contributed by atoms with Crippen LogP contribution in [0, 0.1) is 0 Å². The number of nitrogens with zero attached hydrogens (tertiary/aromatic N) is 3. The highest BCUT2D eigenvalue weighted by molar-refractivity contribution is 5.30. The Kier molecular flexibility index (Phi) is 5.41. The maximum absolute atomic E-state index is 5.90. The van der Waals surface area contributed by atoms with Crippen molar-refractivity contribution in [2.45, 2.75) is 58.2 Å². The molecular formula is C18H27N5.